The Morgan fingerprint density at radius 1 is 1.19 bits per heavy atom. The maximum Gasteiger partial charge on any atom is 0.183 e. The van der Waals surface area contributed by atoms with Gasteiger partial charge in [0.25, 0.3) is 0 Å². The molecule has 0 spiro atoms. The smallest absolute Gasteiger partial charge is 0.183 e. The number of benzene rings is 1. The van der Waals surface area contributed by atoms with Crippen LogP contribution in [0, 0.1) is 11.6 Å². The van der Waals surface area contributed by atoms with Crippen LogP contribution >= 0.6 is 0 Å². The van der Waals surface area contributed by atoms with Gasteiger partial charge in [-0.3, -0.25) is 9.78 Å². The minimum absolute atomic E-state index is 0.00332. The second-order valence-electron chi connectivity index (χ2n) is 7.23. The molecule has 3 aromatic heterocycles. The average molecular weight is 423 g/mol. The van der Waals surface area contributed by atoms with Crippen LogP contribution in [0.15, 0.2) is 48.8 Å². The van der Waals surface area contributed by atoms with E-state index in [4.69, 9.17) is 4.74 Å². The molecule has 31 heavy (non-hydrogen) atoms. The molecule has 1 saturated heterocycles. The molecule has 0 amide bonds. The van der Waals surface area contributed by atoms with Crippen molar-refractivity contribution in [3.8, 4) is 22.9 Å². The Hall–Kier alpha value is -3.66. The van der Waals surface area contributed by atoms with E-state index in [0.717, 1.165) is 12.6 Å². The number of H-pyrrole nitrogens is 1. The number of hydrogen-bond acceptors (Lipinski definition) is 6. The van der Waals surface area contributed by atoms with Gasteiger partial charge in [-0.2, -0.15) is 10.2 Å². The predicted octanol–water partition coefficient (Wildman–Crippen LogP) is 3.26. The Balaban J connectivity index is 1.52. The molecule has 1 aromatic carbocycles. The van der Waals surface area contributed by atoms with Gasteiger partial charge in [0.1, 0.15) is 11.5 Å². The fourth-order valence-electron chi connectivity index (χ4n) is 3.48. The van der Waals surface area contributed by atoms with Gasteiger partial charge in [-0.25, -0.2) is 18.7 Å². The zero-order valence-corrected chi connectivity index (χ0v) is 16.4. The van der Waals surface area contributed by atoms with Gasteiger partial charge < -0.3 is 10.1 Å². The van der Waals surface area contributed by atoms with Gasteiger partial charge in [-0.05, 0) is 24.6 Å². The van der Waals surface area contributed by atoms with Crippen LogP contribution in [0.2, 0.25) is 0 Å². The van der Waals surface area contributed by atoms with Crippen LogP contribution in [0.1, 0.15) is 12.0 Å². The van der Waals surface area contributed by atoms with Gasteiger partial charge in [0, 0.05) is 18.4 Å². The maximum atomic E-state index is 14.3. The highest BCUT2D eigenvalue weighted by atomic mass is 19.1. The van der Waals surface area contributed by atoms with E-state index in [0.29, 0.717) is 35.9 Å². The first-order valence-corrected chi connectivity index (χ1v) is 9.85. The molecule has 0 aliphatic carbocycles. The second-order valence-corrected chi connectivity index (χ2v) is 7.23. The second kappa shape index (κ2) is 8.23. The highest BCUT2D eigenvalue weighted by molar-refractivity contribution is 5.63. The lowest BCUT2D eigenvalue weighted by Crippen LogP contribution is -2.21. The molecule has 8 nitrogen and oxygen atoms in total. The van der Waals surface area contributed by atoms with Crippen LogP contribution < -0.4 is 5.32 Å². The van der Waals surface area contributed by atoms with Crippen molar-refractivity contribution in [1.29, 1.82) is 0 Å². The van der Waals surface area contributed by atoms with Crippen LogP contribution in [0.5, 0.6) is 0 Å². The van der Waals surface area contributed by atoms with E-state index in [1.807, 2.05) is 0 Å². The Labute approximate surface area is 176 Å². The van der Waals surface area contributed by atoms with Crippen molar-refractivity contribution in [3.63, 3.8) is 0 Å². The molecule has 0 saturated carbocycles. The molecule has 1 aliphatic heterocycles. The number of ether oxygens (including phenoxy) is 1. The van der Waals surface area contributed by atoms with Gasteiger partial charge in [0.15, 0.2) is 17.5 Å². The molecular formula is C21H19F2N7O. The maximum absolute atomic E-state index is 14.3. The molecule has 0 bridgehead atoms. The molecule has 4 aromatic rings. The van der Waals surface area contributed by atoms with E-state index in [9.17, 15) is 8.78 Å². The normalized spacial score (nSPS) is 16.0. The van der Waals surface area contributed by atoms with Crippen molar-refractivity contribution in [2.45, 2.75) is 19.0 Å². The molecule has 5 rings (SSSR count). The van der Waals surface area contributed by atoms with E-state index in [-0.39, 0.29) is 30.0 Å². The van der Waals surface area contributed by atoms with Crippen molar-refractivity contribution < 1.29 is 13.5 Å². The molecular weight excluding hydrogens is 404 g/mol. The van der Waals surface area contributed by atoms with Gasteiger partial charge in [-0.1, -0.05) is 18.2 Å². The van der Waals surface area contributed by atoms with Crippen LogP contribution in [-0.2, 0) is 11.3 Å². The molecule has 4 heterocycles. The topological polar surface area (TPSA) is 93.5 Å². The molecule has 1 fully saturated rings. The summed E-state index contributed by atoms with van der Waals surface area (Å²) in [6, 6.07) is 10.1. The minimum atomic E-state index is -0.546. The zero-order valence-electron chi connectivity index (χ0n) is 16.4. The number of nitrogens with zero attached hydrogens (tertiary/aromatic N) is 5. The van der Waals surface area contributed by atoms with E-state index >= 15 is 0 Å². The van der Waals surface area contributed by atoms with Crippen LogP contribution in [0.25, 0.3) is 22.9 Å². The first kappa shape index (κ1) is 19.3. The van der Waals surface area contributed by atoms with E-state index < -0.39 is 5.82 Å². The lowest BCUT2D eigenvalue weighted by molar-refractivity contribution is 0.195. The lowest BCUT2D eigenvalue weighted by atomic mass is 10.2. The van der Waals surface area contributed by atoms with Gasteiger partial charge in [-0.15, -0.1) is 0 Å². The van der Waals surface area contributed by atoms with Crippen molar-refractivity contribution in [1.82, 2.24) is 29.9 Å². The summed E-state index contributed by atoms with van der Waals surface area (Å²) < 4.78 is 35.5. The standard InChI is InChI=1S/C21H19F2N7O/c22-15-4-2-1-3-13(15)11-30-19(17-5-7-25-28-17)9-18(29-30)21-24-10-16(23)20(27-21)26-14-6-8-31-12-14/h1-5,7,9-10,14H,6,8,11-12H2,(H,25,28)(H,24,26,27). The largest absolute Gasteiger partial charge is 0.379 e. The monoisotopic (exact) mass is 423 g/mol. The van der Waals surface area contributed by atoms with E-state index in [2.05, 4.69) is 30.6 Å². The zero-order chi connectivity index (χ0) is 21.2. The van der Waals surface area contributed by atoms with Gasteiger partial charge in [0.05, 0.1) is 36.8 Å². The number of hydrogen-bond donors (Lipinski definition) is 2. The summed E-state index contributed by atoms with van der Waals surface area (Å²) in [4.78, 5) is 8.45. The Kier molecular flexibility index (Phi) is 5.13. The average Bonchev–Trinajstić information content (AvgIpc) is 3.53. The summed E-state index contributed by atoms with van der Waals surface area (Å²) in [5.41, 5.74) is 2.31. The van der Waals surface area contributed by atoms with Crippen molar-refractivity contribution in [3.05, 3.63) is 66.0 Å². The number of aromatic nitrogens is 6. The lowest BCUT2D eigenvalue weighted by Gasteiger charge is -2.12. The predicted molar refractivity (Wildman–Crippen MR) is 109 cm³/mol. The van der Waals surface area contributed by atoms with E-state index in [1.165, 1.54) is 6.07 Å². The van der Waals surface area contributed by atoms with Crippen LogP contribution in [0.4, 0.5) is 14.6 Å². The van der Waals surface area contributed by atoms with Crippen molar-refractivity contribution in [2.75, 3.05) is 18.5 Å². The Bertz CT molecular complexity index is 1190. The number of aromatic amines is 1. The van der Waals surface area contributed by atoms with E-state index in [1.54, 1.807) is 41.2 Å². The summed E-state index contributed by atoms with van der Waals surface area (Å²) in [6.45, 7) is 1.33. The fraction of sp³-hybridized carbons (Fsp3) is 0.238. The third-order valence-corrected chi connectivity index (χ3v) is 5.08. The van der Waals surface area contributed by atoms with Gasteiger partial charge in [0.2, 0.25) is 0 Å². The fourth-order valence-corrected chi connectivity index (χ4v) is 3.48. The summed E-state index contributed by atoms with van der Waals surface area (Å²) in [6.07, 6.45) is 3.52. The van der Waals surface area contributed by atoms with Crippen LogP contribution in [-0.4, -0.2) is 49.2 Å². The highest BCUT2D eigenvalue weighted by Gasteiger charge is 2.20. The molecule has 0 radical (unpaired) electrons. The molecule has 10 heteroatoms. The molecule has 1 aliphatic rings. The molecule has 158 valence electrons. The van der Waals surface area contributed by atoms with Crippen LogP contribution in [0.3, 0.4) is 0 Å². The molecule has 1 atom stereocenters. The molecule has 1 unspecified atom stereocenters. The number of halogens is 2. The number of rotatable bonds is 6. The third-order valence-electron chi connectivity index (χ3n) is 5.08. The summed E-state index contributed by atoms with van der Waals surface area (Å²) >= 11 is 0. The number of nitrogens with one attached hydrogen (secondary N) is 2. The molecule has 2 N–H and O–H groups in total. The van der Waals surface area contributed by atoms with Gasteiger partial charge >= 0.3 is 0 Å². The Morgan fingerprint density at radius 2 is 2.10 bits per heavy atom. The minimum Gasteiger partial charge on any atom is -0.379 e. The summed E-state index contributed by atoms with van der Waals surface area (Å²) in [5, 5.41) is 14.5. The quantitative estimate of drug-likeness (QED) is 0.495. The van der Waals surface area contributed by atoms with Crippen molar-refractivity contribution in [2.24, 2.45) is 0 Å². The first-order valence-electron chi connectivity index (χ1n) is 9.85. The van der Waals surface area contributed by atoms with Crippen molar-refractivity contribution >= 4 is 5.82 Å². The third kappa shape index (κ3) is 4.02. The summed E-state index contributed by atoms with van der Waals surface area (Å²) in [7, 11) is 0. The highest BCUT2D eigenvalue weighted by Crippen LogP contribution is 2.26. The first-order chi connectivity index (χ1) is 15.2. The SMILES string of the molecule is Fc1ccccc1Cn1nc(-c2ncc(F)c(NC3CCOC3)n2)cc1-c1ccn[nH]1. The number of anilines is 1. The summed E-state index contributed by atoms with van der Waals surface area (Å²) in [5.74, 6) is -0.503. The Morgan fingerprint density at radius 3 is 2.87 bits per heavy atom.